The molecule has 0 radical (unpaired) electrons. The van der Waals surface area contributed by atoms with E-state index in [1.807, 2.05) is 6.07 Å². The Morgan fingerprint density at radius 1 is 0.867 bits per heavy atom. The molecule has 0 saturated carbocycles. The van der Waals surface area contributed by atoms with Crippen LogP contribution >= 0.6 is 0 Å². The van der Waals surface area contributed by atoms with Crippen molar-refractivity contribution >= 4 is 29.4 Å². The van der Waals surface area contributed by atoms with Gasteiger partial charge in [-0.2, -0.15) is 0 Å². The van der Waals surface area contributed by atoms with Gasteiger partial charge in [0.05, 0.1) is 11.3 Å². The Balaban J connectivity index is 1.58. The maximum absolute atomic E-state index is 13.0. The fourth-order valence-electron chi connectivity index (χ4n) is 3.80. The van der Waals surface area contributed by atoms with E-state index in [4.69, 9.17) is 4.74 Å². The van der Waals surface area contributed by atoms with E-state index in [1.54, 1.807) is 47.4 Å². The van der Waals surface area contributed by atoms with E-state index in [0.717, 1.165) is 17.7 Å². The second-order valence-corrected chi connectivity index (χ2v) is 7.40. The quantitative estimate of drug-likeness (QED) is 0.563. The largest absolute Gasteiger partial charge is 0.444 e. The molecule has 3 amide bonds. The summed E-state index contributed by atoms with van der Waals surface area (Å²) in [6, 6.07) is 15.1. The Morgan fingerprint density at radius 3 is 2.20 bits per heavy atom. The molecule has 2 heterocycles. The number of likely N-dealkylation sites (tertiary alicyclic amines) is 1. The molecule has 0 aromatic heterocycles. The van der Waals surface area contributed by atoms with Gasteiger partial charge in [-0.25, -0.2) is 4.79 Å². The van der Waals surface area contributed by atoms with Crippen molar-refractivity contribution in [1.82, 2.24) is 4.90 Å². The van der Waals surface area contributed by atoms with Gasteiger partial charge in [-0.3, -0.25) is 19.3 Å². The average molecular weight is 406 g/mol. The first-order chi connectivity index (χ1) is 14.5. The number of benzene rings is 2. The number of rotatable bonds is 5. The molecule has 7 nitrogen and oxygen atoms in total. The van der Waals surface area contributed by atoms with Crippen LogP contribution in [0.25, 0.3) is 0 Å². The maximum atomic E-state index is 13.0. The summed E-state index contributed by atoms with van der Waals surface area (Å²) in [5, 5.41) is 0. The van der Waals surface area contributed by atoms with Crippen LogP contribution in [0.4, 0.5) is 5.69 Å². The molecule has 4 rings (SSSR count). The predicted octanol–water partition coefficient (Wildman–Crippen LogP) is 2.86. The SMILES string of the molecule is O=C(O[C@H](C(=O)N1CCCC1)c1ccccc1)c1cccc(N2C(=O)CCC2=O)c1. The number of carbonyl (C=O) groups excluding carboxylic acids is 4. The average Bonchev–Trinajstić information content (AvgIpc) is 3.42. The Morgan fingerprint density at radius 2 is 1.53 bits per heavy atom. The summed E-state index contributed by atoms with van der Waals surface area (Å²) < 4.78 is 5.65. The van der Waals surface area contributed by atoms with Gasteiger partial charge < -0.3 is 9.64 Å². The summed E-state index contributed by atoms with van der Waals surface area (Å²) in [5.74, 6) is -1.51. The van der Waals surface area contributed by atoms with Crippen molar-refractivity contribution in [1.29, 1.82) is 0 Å². The summed E-state index contributed by atoms with van der Waals surface area (Å²) in [6.45, 7) is 1.29. The summed E-state index contributed by atoms with van der Waals surface area (Å²) in [7, 11) is 0. The molecule has 2 aromatic rings. The topological polar surface area (TPSA) is 84.0 Å². The van der Waals surface area contributed by atoms with Gasteiger partial charge in [-0.15, -0.1) is 0 Å². The van der Waals surface area contributed by atoms with Gasteiger partial charge in [-0.05, 0) is 31.0 Å². The van der Waals surface area contributed by atoms with E-state index in [-0.39, 0.29) is 36.1 Å². The molecular weight excluding hydrogens is 384 g/mol. The number of carbonyl (C=O) groups is 4. The summed E-state index contributed by atoms with van der Waals surface area (Å²) >= 11 is 0. The first-order valence-electron chi connectivity index (χ1n) is 10.0. The van der Waals surface area contributed by atoms with E-state index in [2.05, 4.69) is 0 Å². The Hall–Kier alpha value is -3.48. The van der Waals surface area contributed by atoms with Crippen LogP contribution in [0.15, 0.2) is 54.6 Å². The fourth-order valence-corrected chi connectivity index (χ4v) is 3.80. The molecule has 30 heavy (non-hydrogen) atoms. The minimum absolute atomic E-state index is 0.161. The predicted molar refractivity (Wildman–Crippen MR) is 109 cm³/mol. The van der Waals surface area contributed by atoms with Crippen LogP contribution in [0.3, 0.4) is 0 Å². The molecular formula is C23H22N2O5. The highest BCUT2D eigenvalue weighted by molar-refractivity contribution is 6.20. The van der Waals surface area contributed by atoms with Crippen LogP contribution in [0, 0.1) is 0 Å². The van der Waals surface area contributed by atoms with Gasteiger partial charge in [0.1, 0.15) is 0 Å². The number of anilines is 1. The fraction of sp³-hybridized carbons (Fsp3) is 0.304. The Bertz CT molecular complexity index is 966. The zero-order valence-corrected chi connectivity index (χ0v) is 16.5. The number of nitrogens with zero attached hydrogens (tertiary/aromatic N) is 2. The van der Waals surface area contributed by atoms with Crippen molar-refractivity contribution in [2.45, 2.75) is 31.8 Å². The van der Waals surface area contributed by atoms with Crippen LogP contribution in [0.5, 0.6) is 0 Å². The van der Waals surface area contributed by atoms with Gasteiger partial charge in [0, 0.05) is 31.5 Å². The number of hydrogen-bond donors (Lipinski definition) is 0. The Kier molecular flexibility index (Phi) is 5.61. The molecule has 7 heteroatoms. The van der Waals surface area contributed by atoms with Crippen molar-refractivity contribution in [2.24, 2.45) is 0 Å². The lowest BCUT2D eigenvalue weighted by molar-refractivity contribution is -0.140. The molecule has 2 aliphatic heterocycles. The summed E-state index contributed by atoms with van der Waals surface area (Å²) in [5.41, 5.74) is 1.11. The minimum atomic E-state index is -1.05. The number of hydrogen-bond acceptors (Lipinski definition) is 5. The van der Waals surface area contributed by atoms with Crippen molar-refractivity contribution in [3.05, 3.63) is 65.7 Å². The highest BCUT2D eigenvalue weighted by Gasteiger charge is 2.33. The van der Waals surface area contributed by atoms with Gasteiger partial charge in [-0.1, -0.05) is 36.4 Å². The zero-order valence-electron chi connectivity index (χ0n) is 16.5. The molecule has 0 N–H and O–H groups in total. The van der Waals surface area contributed by atoms with Crippen molar-refractivity contribution < 1.29 is 23.9 Å². The first-order valence-corrected chi connectivity index (χ1v) is 10.0. The number of imide groups is 1. The molecule has 0 spiro atoms. The van der Waals surface area contributed by atoms with Crippen molar-refractivity contribution in [3.63, 3.8) is 0 Å². The third kappa shape index (κ3) is 3.96. The highest BCUT2D eigenvalue weighted by atomic mass is 16.5. The van der Waals surface area contributed by atoms with Gasteiger partial charge >= 0.3 is 5.97 Å². The third-order valence-electron chi connectivity index (χ3n) is 5.36. The van der Waals surface area contributed by atoms with Gasteiger partial charge in [0.2, 0.25) is 17.9 Å². The third-order valence-corrected chi connectivity index (χ3v) is 5.36. The highest BCUT2D eigenvalue weighted by Crippen LogP contribution is 2.27. The lowest BCUT2D eigenvalue weighted by Gasteiger charge is -2.23. The van der Waals surface area contributed by atoms with E-state index in [9.17, 15) is 19.2 Å². The van der Waals surface area contributed by atoms with E-state index in [1.165, 1.54) is 6.07 Å². The standard InChI is InChI=1S/C23H22N2O5/c26-19-11-12-20(27)25(19)18-10-6-9-17(15-18)23(29)30-21(16-7-2-1-3-8-16)22(28)24-13-4-5-14-24/h1-3,6-10,15,21H,4-5,11-14H2/t21-/m0/s1. The normalized spacial score (nSPS) is 17.3. The smallest absolute Gasteiger partial charge is 0.339 e. The lowest BCUT2D eigenvalue weighted by atomic mass is 10.1. The maximum Gasteiger partial charge on any atom is 0.339 e. The minimum Gasteiger partial charge on any atom is -0.444 e. The van der Waals surface area contributed by atoms with Gasteiger partial charge in [0.15, 0.2) is 0 Å². The monoisotopic (exact) mass is 406 g/mol. The van der Waals surface area contributed by atoms with Crippen LogP contribution in [0.2, 0.25) is 0 Å². The van der Waals surface area contributed by atoms with Crippen LogP contribution in [-0.2, 0) is 19.1 Å². The molecule has 1 atom stereocenters. The second kappa shape index (κ2) is 8.49. The number of ether oxygens (including phenoxy) is 1. The van der Waals surface area contributed by atoms with Crippen LogP contribution < -0.4 is 4.90 Å². The molecule has 0 aliphatic carbocycles. The molecule has 2 aromatic carbocycles. The number of amides is 3. The second-order valence-electron chi connectivity index (χ2n) is 7.40. The van der Waals surface area contributed by atoms with Gasteiger partial charge in [0.25, 0.3) is 5.91 Å². The number of esters is 1. The Labute approximate surface area is 174 Å². The summed E-state index contributed by atoms with van der Waals surface area (Å²) in [4.78, 5) is 52.7. The van der Waals surface area contributed by atoms with Crippen molar-refractivity contribution in [2.75, 3.05) is 18.0 Å². The molecule has 2 aliphatic rings. The lowest BCUT2D eigenvalue weighted by Crippen LogP contribution is -2.35. The zero-order chi connectivity index (χ0) is 21.1. The van der Waals surface area contributed by atoms with E-state index < -0.39 is 12.1 Å². The summed E-state index contributed by atoms with van der Waals surface area (Å²) in [6.07, 6.45) is 1.14. The molecule has 2 saturated heterocycles. The van der Waals surface area contributed by atoms with E-state index >= 15 is 0 Å². The molecule has 0 unspecified atom stereocenters. The van der Waals surface area contributed by atoms with Crippen molar-refractivity contribution in [3.8, 4) is 0 Å². The molecule has 154 valence electrons. The molecule has 2 fully saturated rings. The van der Waals surface area contributed by atoms with Crippen LogP contribution in [0.1, 0.15) is 47.7 Å². The van der Waals surface area contributed by atoms with Crippen LogP contribution in [-0.4, -0.2) is 41.7 Å². The van der Waals surface area contributed by atoms with E-state index in [0.29, 0.717) is 24.3 Å². The first kappa shape index (κ1) is 19.8. The molecule has 0 bridgehead atoms.